The number of nitrogens with one attached hydrogen (secondary N) is 1. The fourth-order valence-corrected chi connectivity index (χ4v) is 2.25. The van der Waals surface area contributed by atoms with Gasteiger partial charge in [-0.1, -0.05) is 6.92 Å². The van der Waals surface area contributed by atoms with Gasteiger partial charge in [-0.05, 0) is 19.0 Å². The zero-order valence-electron chi connectivity index (χ0n) is 10.1. The molecule has 2 heterocycles. The summed E-state index contributed by atoms with van der Waals surface area (Å²) in [5.41, 5.74) is -0.186. The van der Waals surface area contributed by atoms with E-state index < -0.39 is 0 Å². The highest BCUT2D eigenvalue weighted by atomic mass is 16.5. The molecule has 2 unspecified atom stereocenters. The minimum atomic E-state index is -0.186. The van der Waals surface area contributed by atoms with Gasteiger partial charge in [-0.25, -0.2) is 9.78 Å². The summed E-state index contributed by atoms with van der Waals surface area (Å²) in [6.45, 7) is 5.25. The first-order valence-corrected chi connectivity index (χ1v) is 6.14. The van der Waals surface area contributed by atoms with Gasteiger partial charge in [0, 0.05) is 37.5 Å². The Bertz CT molecular complexity index is 399. The van der Waals surface area contributed by atoms with Crippen LogP contribution in [0.5, 0.6) is 0 Å². The van der Waals surface area contributed by atoms with Gasteiger partial charge in [0.1, 0.15) is 0 Å². The van der Waals surface area contributed by atoms with E-state index in [1.165, 1.54) is 6.20 Å². The van der Waals surface area contributed by atoms with E-state index in [1.54, 1.807) is 16.8 Å². The van der Waals surface area contributed by atoms with Gasteiger partial charge in [0.25, 0.3) is 0 Å². The highest BCUT2D eigenvalue weighted by Crippen LogP contribution is 2.17. The molecule has 0 amide bonds. The molecular formula is C12H19N3O2. The van der Waals surface area contributed by atoms with E-state index in [-0.39, 0.29) is 11.7 Å². The highest BCUT2D eigenvalue weighted by molar-refractivity contribution is 4.85. The Balaban J connectivity index is 2.06. The predicted molar refractivity (Wildman–Crippen MR) is 64.9 cm³/mol. The van der Waals surface area contributed by atoms with Crippen LogP contribution >= 0.6 is 0 Å². The van der Waals surface area contributed by atoms with Gasteiger partial charge in [0.05, 0.1) is 6.61 Å². The normalized spacial score (nSPS) is 21.6. The van der Waals surface area contributed by atoms with Crippen LogP contribution < -0.4 is 11.0 Å². The Morgan fingerprint density at radius 1 is 1.71 bits per heavy atom. The van der Waals surface area contributed by atoms with E-state index >= 15 is 0 Å². The van der Waals surface area contributed by atoms with Gasteiger partial charge in [0.15, 0.2) is 0 Å². The number of aromatic nitrogens is 2. The lowest BCUT2D eigenvalue weighted by Gasteiger charge is -2.23. The van der Waals surface area contributed by atoms with Crippen LogP contribution in [0, 0.1) is 5.92 Å². The average Bonchev–Trinajstić information content (AvgIpc) is 2.85. The summed E-state index contributed by atoms with van der Waals surface area (Å²) in [6, 6.07) is 2.07. The van der Waals surface area contributed by atoms with Gasteiger partial charge in [0.2, 0.25) is 0 Å². The third kappa shape index (κ3) is 3.14. The van der Waals surface area contributed by atoms with Crippen LogP contribution in [0.2, 0.25) is 0 Å². The first-order valence-electron chi connectivity index (χ1n) is 6.14. The molecule has 1 aromatic rings. The third-order valence-corrected chi connectivity index (χ3v) is 3.18. The topological polar surface area (TPSA) is 56.2 Å². The maximum Gasteiger partial charge on any atom is 0.347 e. The Morgan fingerprint density at radius 3 is 3.24 bits per heavy atom. The second-order valence-corrected chi connectivity index (χ2v) is 4.34. The molecule has 0 bridgehead atoms. The Labute approximate surface area is 101 Å². The van der Waals surface area contributed by atoms with Crippen molar-refractivity contribution in [3.63, 3.8) is 0 Å². The highest BCUT2D eigenvalue weighted by Gasteiger charge is 2.25. The molecule has 94 valence electrons. The number of hydrogen-bond acceptors (Lipinski definition) is 4. The lowest BCUT2D eigenvalue weighted by Crippen LogP contribution is -2.42. The van der Waals surface area contributed by atoms with Crippen LogP contribution in [-0.4, -0.2) is 35.4 Å². The van der Waals surface area contributed by atoms with Crippen molar-refractivity contribution in [2.75, 3.05) is 19.8 Å². The van der Waals surface area contributed by atoms with Crippen molar-refractivity contribution in [2.45, 2.75) is 25.9 Å². The first kappa shape index (κ1) is 12.3. The van der Waals surface area contributed by atoms with Gasteiger partial charge >= 0.3 is 5.69 Å². The van der Waals surface area contributed by atoms with Crippen LogP contribution in [0.15, 0.2) is 23.3 Å². The van der Waals surface area contributed by atoms with Crippen molar-refractivity contribution in [1.29, 1.82) is 0 Å². The molecule has 0 aromatic carbocycles. The summed E-state index contributed by atoms with van der Waals surface area (Å²) in [7, 11) is 0. The molecule has 0 aliphatic carbocycles. The summed E-state index contributed by atoms with van der Waals surface area (Å²) >= 11 is 0. The van der Waals surface area contributed by atoms with E-state index in [0.717, 1.165) is 26.2 Å². The largest absolute Gasteiger partial charge is 0.381 e. The van der Waals surface area contributed by atoms with E-state index in [1.807, 2.05) is 0 Å². The zero-order valence-corrected chi connectivity index (χ0v) is 10.1. The Hall–Kier alpha value is -1.20. The molecule has 0 saturated carbocycles. The molecule has 5 nitrogen and oxygen atoms in total. The molecule has 1 fully saturated rings. The molecule has 0 spiro atoms. The van der Waals surface area contributed by atoms with Crippen molar-refractivity contribution in [3.8, 4) is 0 Å². The number of ether oxygens (including phenoxy) is 1. The van der Waals surface area contributed by atoms with Crippen LogP contribution in [0.25, 0.3) is 0 Å². The number of hydrogen-bond donors (Lipinski definition) is 1. The second-order valence-electron chi connectivity index (χ2n) is 4.34. The molecule has 1 aliphatic rings. The van der Waals surface area contributed by atoms with E-state index in [4.69, 9.17) is 4.74 Å². The van der Waals surface area contributed by atoms with Gasteiger partial charge in [-0.15, -0.1) is 0 Å². The van der Waals surface area contributed by atoms with Gasteiger partial charge in [-0.3, -0.25) is 4.57 Å². The van der Waals surface area contributed by atoms with Crippen LogP contribution in [0.1, 0.15) is 13.3 Å². The predicted octanol–water partition coefficient (Wildman–Crippen LogP) is 0.258. The third-order valence-electron chi connectivity index (χ3n) is 3.18. The van der Waals surface area contributed by atoms with Gasteiger partial charge in [-0.2, -0.15) is 0 Å². The van der Waals surface area contributed by atoms with Crippen LogP contribution in [0.3, 0.4) is 0 Å². The van der Waals surface area contributed by atoms with Crippen LogP contribution in [-0.2, 0) is 11.3 Å². The molecule has 17 heavy (non-hydrogen) atoms. The summed E-state index contributed by atoms with van der Waals surface area (Å²) in [4.78, 5) is 15.3. The summed E-state index contributed by atoms with van der Waals surface area (Å²) in [5, 5.41) is 3.43. The molecule has 0 radical (unpaired) electrons. The minimum absolute atomic E-state index is 0.186. The Morgan fingerprint density at radius 2 is 2.59 bits per heavy atom. The number of rotatable bonds is 5. The second kappa shape index (κ2) is 5.93. The zero-order chi connectivity index (χ0) is 12.1. The molecule has 2 rings (SSSR count). The summed E-state index contributed by atoms with van der Waals surface area (Å²) in [5.74, 6) is 0.488. The van der Waals surface area contributed by atoms with Crippen molar-refractivity contribution < 1.29 is 4.74 Å². The number of nitrogens with zero attached hydrogens (tertiary/aromatic N) is 2. The van der Waals surface area contributed by atoms with Crippen LogP contribution in [0.4, 0.5) is 0 Å². The molecular weight excluding hydrogens is 218 g/mol. The lowest BCUT2D eigenvalue weighted by atomic mass is 9.99. The molecule has 1 aromatic heterocycles. The fraction of sp³-hybridized carbons (Fsp3) is 0.667. The Kier molecular flexibility index (Phi) is 4.28. The minimum Gasteiger partial charge on any atom is -0.381 e. The smallest absolute Gasteiger partial charge is 0.347 e. The van der Waals surface area contributed by atoms with E-state index in [2.05, 4.69) is 17.2 Å². The van der Waals surface area contributed by atoms with E-state index in [0.29, 0.717) is 12.5 Å². The first-order chi connectivity index (χ1) is 8.31. The van der Waals surface area contributed by atoms with Crippen molar-refractivity contribution in [1.82, 2.24) is 14.9 Å². The molecule has 1 aliphatic heterocycles. The van der Waals surface area contributed by atoms with Crippen molar-refractivity contribution in [3.05, 3.63) is 28.9 Å². The molecule has 5 heteroatoms. The van der Waals surface area contributed by atoms with Crippen molar-refractivity contribution in [2.24, 2.45) is 5.92 Å². The van der Waals surface area contributed by atoms with Gasteiger partial charge < -0.3 is 10.1 Å². The number of likely N-dealkylation sites (N-methyl/N-ethyl adjacent to an activating group) is 1. The fourth-order valence-electron chi connectivity index (χ4n) is 2.25. The average molecular weight is 237 g/mol. The maximum atomic E-state index is 11.6. The van der Waals surface area contributed by atoms with E-state index in [9.17, 15) is 4.79 Å². The quantitative estimate of drug-likeness (QED) is 0.798. The monoisotopic (exact) mass is 237 g/mol. The molecule has 1 N–H and O–H groups in total. The molecule has 2 atom stereocenters. The SMILES string of the molecule is CCNC(Cn1cccnc1=O)C1CCOC1. The summed E-state index contributed by atoms with van der Waals surface area (Å²) < 4.78 is 7.07. The standard InChI is InChI=1S/C12H19N3O2/c1-2-13-11(10-4-7-17-9-10)8-15-6-3-5-14-12(15)16/h3,5-6,10-11,13H,2,4,7-9H2,1H3. The van der Waals surface area contributed by atoms with Crippen molar-refractivity contribution >= 4 is 0 Å². The maximum absolute atomic E-state index is 11.6. The molecule has 1 saturated heterocycles. The summed E-state index contributed by atoms with van der Waals surface area (Å²) in [6.07, 6.45) is 4.38. The lowest BCUT2D eigenvalue weighted by molar-refractivity contribution is 0.173.